The molecule has 0 spiro atoms. The van der Waals surface area contributed by atoms with Crippen LogP contribution < -0.4 is 5.32 Å². The fraction of sp³-hybridized carbons (Fsp3) is 1.00. The fourth-order valence-corrected chi connectivity index (χ4v) is 2.92. The van der Waals surface area contributed by atoms with Crippen molar-refractivity contribution in [3.63, 3.8) is 0 Å². The standard InChI is InChI=1S/C10H19NS/c1-12-10-4-2-3-9(7-10)11-8-5-6-8/h8-11H,2-7H2,1H3. The van der Waals surface area contributed by atoms with Gasteiger partial charge >= 0.3 is 0 Å². The van der Waals surface area contributed by atoms with Crippen LogP contribution in [-0.2, 0) is 0 Å². The predicted molar refractivity (Wildman–Crippen MR) is 55.7 cm³/mol. The van der Waals surface area contributed by atoms with Gasteiger partial charge in [-0.2, -0.15) is 11.8 Å². The Morgan fingerprint density at radius 2 is 1.92 bits per heavy atom. The molecule has 1 N–H and O–H groups in total. The maximum absolute atomic E-state index is 3.74. The lowest BCUT2D eigenvalue weighted by Gasteiger charge is -2.28. The molecule has 2 unspecified atom stereocenters. The van der Waals surface area contributed by atoms with Crippen molar-refractivity contribution in [2.24, 2.45) is 0 Å². The highest BCUT2D eigenvalue weighted by molar-refractivity contribution is 7.99. The largest absolute Gasteiger partial charge is 0.311 e. The normalized spacial score (nSPS) is 36.8. The van der Waals surface area contributed by atoms with Gasteiger partial charge in [-0.05, 0) is 38.4 Å². The molecule has 0 aromatic carbocycles. The molecule has 2 saturated carbocycles. The van der Waals surface area contributed by atoms with Gasteiger partial charge in [0, 0.05) is 17.3 Å². The molecule has 12 heavy (non-hydrogen) atoms. The van der Waals surface area contributed by atoms with Crippen LogP contribution in [-0.4, -0.2) is 23.6 Å². The minimum atomic E-state index is 0.851. The highest BCUT2D eigenvalue weighted by atomic mass is 32.2. The van der Waals surface area contributed by atoms with Crippen LogP contribution >= 0.6 is 11.8 Å². The quantitative estimate of drug-likeness (QED) is 0.724. The predicted octanol–water partition coefficient (Wildman–Crippen LogP) is 2.41. The summed E-state index contributed by atoms with van der Waals surface area (Å²) in [6.07, 6.45) is 10.8. The van der Waals surface area contributed by atoms with E-state index in [0.29, 0.717) is 0 Å². The van der Waals surface area contributed by atoms with Gasteiger partial charge in [0.2, 0.25) is 0 Å². The SMILES string of the molecule is CSC1CCCC(NC2CC2)C1. The number of rotatable bonds is 3. The summed E-state index contributed by atoms with van der Waals surface area (Å²) < 4.78 is 0. The molecule has 2 fully saturated rings. The fourth-order valence-electron chi connectivity index (χ4n) is 2.09. The zero-order valence-electron chi connectivity index (χ0n) is 7.88. The van der Waals surface area contributed by atoms with Crippen LogP contribution in [0.5, 0.6) is 0 Å². The van der Waals surface area contributed by atoms with Gasteiger partial charge in [-0.3, -0.25) is 0 Å². The van der Waals surface area contributed by atoms with Crippen LogP contribution in [0.3, 0.4) is 0 Å². The third-order valence-electron chi connectivity index (χ3n) is 3.01. The van der Waals surface area contributed by atoms with Crippen molar-refractivity contribution in [1.29, 1.82) is 0 Å². The molecule has 2 aliphatic carbocycles. The topological polar surface area (TPSA) is 12.0 Å². The summed E-state index contributed by atoms with van der Waals surface area (Å²) >= 11 is 2.06. The zero-order valence-corrected chi connectivity index (χ0v) is 8.70. The van der Waals surface area contributed by atoms with Crippen LogP contribution in [0.1, 0.15) is 38.5 Å². The van der Waals surface area contributed by atoms with Gasteiger partial charge in [-0.15, -0.1) is 0 Å². The average Bonchev–Trinajstić information content (AvgIpc) is 2.89. The molecule has 2 atom stereocenters. The Kier molecular flexibility index (Phi) is 2.97. The van der Waals surface area contributed by atoms with E-state index >= 15 is 0 Å². The Morgan fingerprint density at radius 3 is 2.58 bits per heavy atom. The van der Waals surface area contributed by atoms with Crippen molar-refractivity contribution >= 4 is 11.8 Å². The van der Waals surface area contributed by atoms with Gasteiger partial charge in [0.15, 0.2) is 0 Å². The van der Waals surface area contributed by atoms with E-state index in [0.717, 1.165) is 17.3 Å². The zero-order chi connectivity index (χ0) is 8.39. The van der Waals surface area contributed by atoms with Crippen molar-refractivity contribution in [1.82, 2.24) is 5.32 Å². The summed E-state index contributed by atoms with van der Waals surface area (Å²) in [6.45, 7) is 0. The Bertz CT molecular complexity index is 145. The van der Waals surface area contributed by atoms with Crippen LogP contribution in [0.15, 0.2) is 0 Å². The highest BCUT2D eigenvalue weighted by Gasteiger charge is 2.27. The van der Waals surface area contributed by atoms with Gasteiger partial charge in [-0.25, -0.2) is 0 Å². The average molecular weight is 185 g/mol. The maximum atomic E-state index is 3.74. The summed E-state index contributed by atoms with van der Waals surface area (Å²) in [6, 6.07) is 1.75. The molecule has 0 radical (unpaired) electrons. The molecule has 0 aliphatic heterocycles. The van der Waals surface area contributed by atoms with Gasteiger partial charge < -0.3 is 5.32 Å². The molecule has 0 heterocycles. The molecular formula is C10H19NS. The highest BCUT2D eigenvalue weighted by Crippen LogP contribution is 2.29. The van der Waals surface area contributed by atoms with E-state index in [1.807, 2.05) is 0 Å². The second kappa shape index (κ2) is 4.01. The Labute approximate surface area is 79.7 Å². The summed E-state index contributed by atoms with van der Waals surface area (Å²) in [5.74, 6) is 0. The Morgan fingerprint density at radius 1 is 1.08 bits per heavy atom. The first-order valence-electron chi connectivity index (χ1n) is 5.17. The van der Waals surface area contributed by atoms with E-state index in [-0.39, 0.29) is 0 Å². The molecule has 2 aliphatic rings. The molecule has 0 aromatic rings. The number of hydrogen-bond donors (Lipinski definition) is 1. The lowest BCUT2D eigenvalue weighted by Crippen LogP contribution is -2.36. The molecule has 0 bridgehead atoms. The smallest absolute Gasteiger partial charge is 0.00801 e. The molecular weight excluding hydrogens is 166 g/mol. The molecule has 1 nitrogen and oxygen atoms in total. The van der Waals surface area contributed by atoms with Crippen molar-refractivity contribution in [3.05, 3.63) is 0 Å². The minimum Gasteiger partial charge on any atom is -0.311 e. The van der Waals surface area contributed by atoms with Gasteiger partial charge in [0.05, 0.1) is 0 Å². The van der Waals surface area contributed by atoms with Crippen LogP contribution in [0.2, 0.25) is 0 Å². The number of nitrogens with one attached hydrogen (secondary N) is 1. The van der Waals surface area contributed by atoms with Crippen molar-refractivity contribution in [3.8, 4) is 0 Å². The molecule has 70 valence electrons. The van der Waals surface area contributed by atoms with Gasteiger partial charge in [0.1, 0.15) is 0 Å². The van der Waals surface area contributed by atoms with Crippen LogP contribution in [0.4, 0.5) is 0 Å². The minimum absolute atomic E-state index is 0.851. The van der Waals surface area contributed by atoms with Crippen molar-refractivity contribution < 1.29 is 0 Å². The number of hydrogen-bond acceptors (Lipinski definition) is 2. The van der Waals surface area contributed by atoms with E-state index in [1.54, 1.807) is 0 Å². The van der Waals surface area contributed by atoms with E-state index in [1.165, 1.54) is 38.5 Å². The van der Waals surface area contributed by atoms with E-state index in [2.05, 4.69) is 23.3 Å². The first-order valence-corrected chi connectivity index (χ1v) is 6.46. The van der Waals surface area contributed by atoms with Gasteiger partial charge in [0.25, 0.3) is 0 Å². The van der Waals surface area contributed by atoms with E-state index in [4.69, 9.17) is 0 Å². The molecule has 0 amide bonds. The van der Waals surface area contributed by atoms with Crippen LogP contribution in [0.25, 0.3) is 0 Å². The summed E-state index contributed by atoms with van der Waals surface area (Å²) in [5, 5.41) is 4.68. The Hall–Kier alpha value is 0.310. The maximum Gasteiger partial charge on any atom is 0.00801 e. The summed E-state index contributed by atoms with van der Waals surface area (Å²) in [7, 11) is 0. The van der Waals surface area contributed by atoms with E-state index in [9.17, 15) is 0 Å². The first-order chi connectivity index (χ1) is 5.88. The summed E-state index contributed by atoms with van der Waals surface area (Å²) in [4.78, 5) is 0. The molecule has 0 aromatic heterocycles. The van der Waals surface area contributed by atoms with Gasteiger partial charge in [-0.1, -0.05) is 6.42 Å². The lowest BCUT2D eigenvalue weighted by atomic mass is 9.95. The van der Waals surface area contributed by atoms with Crippen molar-refractivity contribution in [2.45, 2.75) is 55.9 Å². The molecule has 2 heteroatoms. The Balaban J connectivity index is 1.73. The van der Waals surface area contributed by atoms with Crippen molar-refractivity contribution in [2.75, 3.05) is 6.26 Å². The third kappa shape index (κ3) is 2.40. The van der Waals surface area contributed by atoms with Crippen LogP contribution in [0, 0.1) is 0 Å². The second-order valence-corrected chi connectivity index (χ2v) is 5.30. The number of thioether (sulfide) groups is 1. The lowest BCUT2D eigenvalue weighted by molar-refractivity contribution is 0.379. The second-order valence-electron chi connectivity index (χ2n) is 4.16. The summed E-state index contributed by atoms with van der Waals surface area (Å²) in [5.41, 5.74) is 0. The first kappa shape index (κ1) is 8.89. The third-order valence-corrected chi connectivity index (χ3v) is 4.10. The molecule has 0 saturated heterocycles. The molecule has 2 rings (SSSR count). The van der Waals surface area contributed by atoms with E-state index < -0.39 is 0 Å². The monoisotopic (exact) mass is 185 g/mol.